The highest BCUT2D eigenvalue weighted by Crippen LogP contribution is 2.08. The lowest BCUT2D eigenvalue weighted by atomic mass is 10.1. The van der Waals surface area contributed by atoms with Crippen molar-refractivity contribution in [2.75, 3.05) is 26.3 Å². The Hall–Kier alpha value is -0.860. The molecule has 2 nitrogen and oxygen atoms in total. The maximum absolute atomic E-state index is 5.32. The van der Waals surface area contributed by atoms with Gasteiger partial charge >= 0.3 is 0 Å². The van der Waals surface area contributed by atoms with Crippen LogP contribution in [-0.2, 0) is 11.3 Å². The molecular formula is C12H17NO. The van der Waals surface area contributed by atoms with Gasteiger partial charge in [-0.2, -0.15) is 0 Å². The van der Waals surface area contributed by atoms with Gasteiger partial charge in [0.05, 0.1) is 13.2 Å². The number of ether oxygens (including phenoxy) is 1. The van der Waals surface area contributed by atoms with Crippen molar-refractivity contribution >= 4 is 0 Å². The third-order valence-electron chi connectivity index (χ3n) is 2.59. The maximum Gasteiger partial charge on any atom is 0.0594 e. The fourth-order valence-corrected chi connectivity index (χ4v) is 1.83. The lowest BCUT2D eigenvalue weighted by Crippen LogP contribution is -2.35. The van der Waals surface area contributed by atoms with Crippen LogP contribution >= 0.6 is 0 Å². The molecule has 76 valence electrons. The van der Waals surface area contributed by atoms with Gasteiger partial charge in [0, 0.05) is 19.6 Å². The molecule has 14 heavy (non-hydrogen) atoms. The SMILES string of the molecule is Cc1cccc(CN2CCOCC2)c1. The van der Waals surface area contributed by atoms with E-state index in [1.165, 1.54) is 11.1 Å². The summed E-state index contributed by atoms with van der Waals surface area (Å²) in [6, 6.07) is 8.73. The molecule has 1 aromatic carbocycles. The van der Waals surface area contributed by atoms with Crippen molar-refractivity contribution in [2.24, 2.45) is 0 Å². The fraction of sp³-hybridized carbons (Fsp3) is 0.500. The second-order valence-electron chi connectivity index (χ2n) is 3.88. The van der Waals surface area contributed by atoms with Gasteiger partial charge in [-0.3, -0.25) is 4.90 Å². The van der Waals surface area contributed by atoms with E-state index in [0.29, 0.717) is 0 Å². The van der Waals surface area contributed by atoms with E-state index in [4.69, 9.17) is 4.74 Å². The van der Waals surface area contributed by atoms with E-state index in [1.807, 2.05) is 0 Å². The molecule has 1 saturated heterocycles. The van der Waals surface area contributed by atoms with E-state index in [2.05, 4.69) is 36.1 Å². The number of morpholine rings is 1. The van der Waals surface area contributed by atoms with Crippen LogP contribution in [0, 0.1) is 6.92 Å². The molecule has 1 heterocycles. The standard InChI is InChI=1S/C12H17NO/c1-11-3-2-4-12(9-11)10-13-5-7-14-8-6-13/h2-4,9H,5-8,10H2,1H3. The van der Waals surface area contributed by atoms with Crippen LogP contribution in [0.4, 0.5) is 0 Å². The van der Waals surface area contributed by atoms with Gasteiger partial charge in [-0.1, -0.05) is 29.8 Å². The Bertz CT molecular complexity index is 292. The summed E-state index contributed by atoms with van der Waals surface area (Å²) in [6.45, 7) is 7.09. The van der Waals surface area contributed by atoms with Crippen molar-refractivity contribution in [1.82, 2.24) is 4.90 Å². The van der Waals surface area contributed by atoms with Crippen molar-refractivity contribution in [3.8, 4) is 0 Å². The average Bonchev–Trinajstić information content (AvgIpc) is 2.19. The molecule has 0 amide bonds. The summed E-state index contributed by atoms with van der Waals surface area (Å²) < 4.78 is 5.32. The molecule has 0 saturated carbocycles. The topological polar surface area (TPSA) is 12.5 Å². The van der Waals surface area contributed by atoms with E-state index >= 15 is 0 Å². The predicted octanol–water partition coefficient (Wildman–Crippen LogP) is 1.83. The molecule has 1 aromatic rings. The second kappa shape index (κ2) is 4.58. The summed E-state index contributed by atoms with van der Waals surface area (Å²) in [5.41, 5.74) is 2.75. The summed E-state index contributed by atoms with van der Waals surface area (Å²) in [7, 11) is 0. The molecule has 0 N–H and O–H groups in total. The van der Waals surface area contributed by atoms with Crippen molar-refractivity contribution in [2.45, 2.75) is 13.5 Å². The first-order chi connectivity index (χ1) is 6.84. The minimum atomic E-state index is 0.881. The quantitative estimate of drug-likeness (QED) is 0.707. The molecular weight excluding hydrogens is 174 g/mol. The molecule has 2 rings (SSSR count). The molecule has 0 aromatic heterocycles. The average molecular weight is 191 g/mol. The Morgan fingerprint density at radius 1 is 1.29 bits per heavy atom. The number of hydrogen-bond acceptors (Lipinski definition) is 2. The van der Waals surface area contributed by atoms with Gasteiger partial charge in [-0.05, 0) is 12.5 Å². The van der Waals surface area contributed by atoms with Crippen LogP contribution in [0.5, 0.6) is 0 Å². The van der Waals surface area contributed by atoms with Gasteiger partial charge < -0.3 is 4.74 Å². The van der Waals surface area contributed by atoms with Gasteiger partial charge in [0.25, 0.3) is 0 Å². The first-order valence-corrected chi connectivity index (χ1v) is 5.20. The molecule has 0 aliphatic carbocycles. The van der Waals surface area contributed by atoms with Gasteiger partial charge in [-0.15, -0.1) is 0 Å². The highest BCUT2D eigenvalue weighted by molar-refractivity contribution is 5.22. The molecule has 1 fully saturated rings. The van der Waals surface area contributed by atoms with Crippen LogP contribution in [0.15, 0.2) is 24.3 Å². The Morgan fingerprint density at radius 3 is 2.79 bits per heavy atom. The third kappa shape index (κ3) is 2.56. The fourth-order valence-electron chi connectivity index (χ4n) is 1.83. The predicted molar refractivity (Wildman–Crippen MR) is 57.3 cm³/mol. The monoisotopic (exact) mass is 191 g/mol. The lowest BCUT2D eigenvalue weighted by molar-refractivity contribution is 0.0342. The van der Waals surface area contributed by atoms with Crippen LogP contribution in [0.1, 0.15) is 11.1 Å². The van der Waals surface area contributed by atoms with Crippen molar-refractivity contribution in [1.29, 1.82) is 0 Å². The Labute approximate surface area is 85.5 Å². The Kier molecular flexibility index (Phi) is 3.17. The van der Waals surface area contributed by atoms with Gasteiger partial charge in [0.1, 0.15) is 0 Å². The zero-order chi connectivity index (χ0) is 9.80. The van der Waals surface area contributed by atoms with Crippen molar-refractivity contribution in [3.05, 3.63) is 35.4 Å². The number of benzene rings is 1. The molecule has 0 atom stereocenters. The maximum atomic E-state index is 5.32. The summed E-state index contributed by atoms with van der Waals surface area (Å²) in [6.07, 6.45) is 0. The van der Waals surface area contributed by atoms with Crippen LogP contribution in [0.25, 0.3) is 0 Å². The van der Waals surface area contributed by atoms with Gasteiger partial charge in [0.15, 0.2) is 0 Å². The van der Waals surface area contributed by atoms with Crippen LogP contribution < -0.4 is 0 Å². The number of hydrogen-bond donors (Lipinski definition) is 0. The molecule has 0 radical (unpaired) electrons. The third-order valence-corrected chi connectivity index (χ3v) is 2.59. The minimum absolute atomic E-state index is 0.881. The molecule has 0 spiro atoms. The highest BCUT2D eigenvalue weighted by Gasteiger charge is 2.10. The molecule has 1 aliphatic heterocycles. The highest BCUT2D eigenvalue weighted by atomic mass is 16.5. The number of nitrogens with zero attached hydrogens (tertiary/aromatic N) is 1. The molecule has 2 heteroatoms. The zero-order valence-corrected chi connectivity index (χ0v) is 8.70. The summed E-state index contributed by atoms with van der Waals surface area (Å²) in [4.78, 5) is 2.44. The van der Waals surface area contributed by atoms with Crippen LogP contribution in [0.3, 0.4) is 0 Å². The molecule has 0 unspecified atom stereocenters. The van der Waals surface area contributed by atoms with E-state index in [0.717, 1.165) is 32.8 Å². The van der Waals surface area contributed by atoms with E-state index in [1.54, 1.807) is 0 Å². The van der Waals surface area contributed by atoms with Crippen molar-refractivity contribution < 1.29 is 4.74 Å². The first-order valence-electron chi connectivity index (χ1n) is 5.20. The van der Waals surface area contributed by atoms with E-state index in [-0.39, 0.29) is 0 Å². The largest absolute Gasteiger partial charge is 0.379 e. The number of aryl methyl sites for hydroxylation is 1. The normalized spacial score (nSPS) is 18.4. The van der Waals surface area contributed by atoms with Crippen LogP contribution in [-0.4, -0.2) is 31.2 Å². The second-order valence-corrected chi connectivity index (χ2v) is 3.88. The van der Waals surface area contributed by atoms with Gasteiger partial charge in [-0.25, -0.2) is 0 Å². The molecule has 0 bridgehead atoms. The summed E-state index contributed by atoms with van der Waals surface area (Å²) in [5.74, 6) is 0. The van der Waals surface area contributed by atoms with Crippen LogP contribution in [0.2, 0.25) is 0 Å². The summed E-state index contributed by atoms with van der Waals surface area (Å²) in [5, 5.41) is 0. The zero-order valence-electron chi connectivity index (χ0n) is 8.70. The molecule has 1 aliphatic rings. The summed E-state index contributed by atoms with van der Waals surface area (Å²) >= 11 is 0. The Morgan fingerprint density at radius 2 is 2.07 bits per heavy atom. The Balaban J connectivity index is 1.95. The van der Waals surface area contributed by atoms with Gasteiger partial charge in [0.2, 0.25) is 0 Å². The van der Waals surface area contributed by atoms with E-state index in [9.17, 15) is 0 Å². The lowest BCUT2D eigenvalue weighted by Gasteiger charge is -2.26. The number of rotatable bonds is 2. The minimum Gasteiger partial charge on any atom is -0.379 e. The van der Waals surface area contributed by atoms with E-state index < -0.39 is 0 Å². The van der Waals surface area contributed by atoms with Crippen molar-refractivity contribution in [3.63, 3.8) is 0 Å². The first kappa shape index (κ1) is 9.69. The smallest absolute Gasteiger partial charge is 0.0594 e.